The molecule has 0 aliphatic carbocycles. The van der Waals surface area contributed by atoms with Gasteiger partial charge in [-0.15, -0.1) is 0 Å². The minimum atomic E-state index is -0.167. The zero-order chi connectivity index (χ0) is 27.8. The van der Waals surface area contributed by atoms with Crippen LogP contribution >= 0.6 is 12.2 Å². The van der Waals surface area contributed by atoms with Gasteiger partial charge in [-0.25, -0.2) is 0 Å². The quantitative estimate of drug-likeness (QED) is 0.223. The van der Waals surface area contributed by atoms with E-state index in [2.05, 4.69) is 87.0 Å². The number of pyridine rings is 1. The molecule has 2 unspecified atom stereocenters. The number of fused-ring (bicyclic) bond motifs is 1. The van der Waals surface area contributed by atoms with Crippen molar-refractivity contribution in [3.63, 3.8) is 0 Å². The van der Waals surface area contributed by atoms with Gasteiger partial charge in [-0.05, 0) is 90.1 Å². The number of nitrogens with one attached hydrogen (secondary N) is 2. The van der Waals surface area contributed by atoms with E-state index in [0.29, 0.717) is 5.11 Å². The van der Waals surface area contributed by atoms with Crippen molar-refractivity contribution >= 4 is 45.4 Å². The van der Waals surface area contributed by atoms with Gasteiger partial charge < -0.3 is 20.1 Å². The summed E-state index contributed by atoms with van der Waals surface area (Å²) in [6, 6.07) is 30.9. The Labute approximate surface area is 239 Å². The maximum absolute atomic E-state index is 12.4. The minimum Gasteiger partial charge on any atom is -0.351 e. The van der Waals surface area contributed by atoms with Gasteiger partial charge in [-0.2, -0.15) is 0 Å². The second-order valence-electron chi connectivity index (χ2n) is 10.5. The Hall–Kier alpha value is -4.49. The molecule has 2 aromatic heterocycles. The molecule has 6 nitrogen and oxygen atoms in total. The third-order valence-corrected chi connectivity index (χ3v) is 7.78. The highest BCUT2D eigenvalue weighted by molar-refractivity contribution is 7.80. The van der Waals surface area contributed by atoms with Crippen molar-refractivity contribution in [1.29, 1.82) is 0 Å². The van der Waals surface area contributed by atoms with Crippen LogP contribution in [0.3, 0.4) is 0 Å². The van der Waals surface area contributed by atoms with Crippen LogP contribution in [0.1, 0.15) is 42.9 Å². The summed E-state index contributed by atoms with van der Waals surface area (Å²) in [5, 5.41) is 9.62. The lowest BCUT2D eigenvalue weighted by Crippen LogP contribution is -2.30. The highest BCUT2D eigenvalue weighted by Gasteiger charge is 2.42. The Morgan fingerprint density at radius 2 is 1.70 bits per heavy atom. The van der Waals surface area contributed by atoms with Crippen molar-refractivity contribution in [1.82, 2.24) is 14.9 Å². The number of anilines is 2. The molecule has 0 radical (unpaired) electrons. The third kappa shape index (κ3) is 4.73. The van der Waals surface area contributed by atoms with E-state index in [1.165, 1.54) is 10.8 Å². The van der Waals surface area contributed by atoms with E-state index >= 15 is 0 Å². The molecule has 1 aliphatic rings. The topological polar surface area (TPSA) is 62.2 Å². The maximum Gasteiger partial charge on any atom is 0.226 e. The molecule has 40 heavy (non-hydrogen) atoms. The van der Waals surface area contributed by atoms with Crippen LogP contribution < -0.4 is 15.5 Å². The van der Waals surface area contributed by atoms with Crippen molar-refractivity contribution in [2.45, 2.75) is 32.9 Å². The first-order chi connectivity index (χ1) is 19.4. The van der Waals surface area contributed by atoms with Crippen molar-refractivity contribution in [3.05, 3.63) is 120 Å². The summed E-state index contributed by atoms with van der Waals surface area (Å²) in [6.07, 6.45) is 3.92. The summed E-state index contributed by atoms with van der Waals surface area (Å²) in [7, 11) is 0. The highest BCUT2D eigenvalue weighted by Crippen LogP contribution is 2.43. The Morgan fingerprint density at radius 1 is 0.925 bits per heavy atom. The average molecular weight is 546 g/mol. The summed E-state index contributed by atoms with van der Waals surface area (Å²) < 4.78 is 2.24. The van der Waals surface area contributed by atoms with Crippen LogP contribution in [-0.4, -0.2) is 20.6 Å². The van der Waals surface area contributed by atoms with Crippen LogP contribution in [0.5, 0.6) is 0 Å². The number of rotatable bonds is 6. The molecule has 1 amide bonds. The lowest BCUT2D eigenvalue weighted by Gasteiger charge is -2.29. The van der Waals surface area contributed by atoms with Gasteiger partial charge in [0.15, 0.2) is 5.11 Å². The smallest absolute Gasteiger partial charge is 0.226 e. The average Bonchev–Trinajstić information content (AvgIpc) is 3.58. The summed E-state index contributed by atoms with van der Waals surface area (Å²) in [5.74, 6) is -0.101. The fourth-order valence-corrected chi connectivity index (χ4v) is 5.69. The van der Waals surface area contributed by atoms with Crippen LogP contribution in [0.15, 0.2) is 103 Å². The normalized spacial score (nSPS) is 16.9. The van der Waals surface area contributed by atoms with Crippen molar-refractivity contribution in [2.24, 2.45) is 5.92 Å². The summed E-state index contributed by atoms with van der Waals surface area (Å²) in [6.45, 7) is 5.79. The molecule has 3 heterocycles. The minimum absolute atomic E-state index is 0.00415. The van der Waals surface area contributed by atoms with Gasteiger partial charge in [-0.3, -0.25) is 9.78 Å². The predicted molar refractivity (Wildman–Crippen MR) is 166 cm³/mol. The lowest BCUT2D eigenvalue weighted by atomic mass is 10.00. The molecular formula is C33H31N5OS. The van der Waals surface area contributed by atoms with Gasteiger partial charge in [0.25, 0.3) is 0 Å². The van der Waals surface area contributed by atoms with Crippen LogP contribution in [0, 0.1) is 12.8 Å². The predicted octanol–water partition coefficient (Wildman–Crippen LogP) is 7.11. The van der Waals surface area contributed by atoms with Gasteiger partial charge >= 0.3 is 0 Å². The number of carbonyl (C=O) groups is 1. The first-order valence-corrected chi connectivity index (χ1v) is 13.9. The number of nitrogens with zero attached hydrogens (tertiary/aromatic N) is 3. The van der Waals surface area contributed by atoms with E-state index in [0.717, 1.165) is 34.0 Å². The second kappa shape index (κ2) is 10.6. The van der Waals surface area contributed by atoms with E-state index in [1.54, 1.807) is 0 Å². The molecule has 0 bridgehead atoms. The highest BCUT2D eigenvalue weighted by atomic mass is 32.1. The SMILES string of the molecule is Cc1cc(N2C(=S)NC(c3ccccn3)C2c2cccn2-c2ccc3ccccc3c2)ccc1NC(=O)C(C)C. The van der Waals surface area contributed by atoms with E-state index in [4.69, 9.17) is 17.2 Å². The lowest BCUT2D eigenvalue weighted by molar-refractivity contribution is -0.118. The molecule has 3 aromatic carbocycles. The van der Waals surface area contributed by atoms with Gasteiger partial charge in [0.1, 0.15) is 6.04 Å². The number of amides is 1. The van der Waals surface area contributed by atoms with Crippen molar-refractivity contribution in [3.8, 4) is 5.69 Å². The molecule has 1 saturated heterocycles. The molecule has 1 aliphatic heterocycles. The van der Waals surface area contributed by atoms with Gasteiger partial charge in [0.05, 0.1) is 11.7 Å². The van der Waals surface area contributed by atoms with Crippen LogP contribution in [0.4, 0.5) is 11.4 Å². The summed E-state index contributed by atoms with van der Waals surface area (Å²) >= 11 is 5.96. The summed E-state index contributed by atoms with van der Waals surface area (Å²) in [4.78, 5) is 19.2. The van der Waals surface area contributed by atoms with Crippen molar-refractivity contribution < 1.29 is 4.79 Å². The number of benzene rings is 3. The zero-order valence-corrected chi connectivity index (χ0v) is 23.5. The first-order valence-electron chi connectivity index (χ1n) is 13.5. The first kappa shape index (κ1) is 25.8. The molecule has 7 heteroatoms. The molecule has 6 rings (SSSR count). The third-order valence-electron chi connectivity index (χ3n) is 7.46. The number of carbonyl (C=O) groups excluding carboxylic acids is 1. The molecule has 200 valence electrons. The van der Waals surface area contributed by atoms with E-state index in [1.807, 2.05) is 57.3 Å². The van der Waals surface area contributed by atoms with Gasteiger partial charge in [0, 0.05) is 41.1 Å². The molecule has 0 spiro atoms. The van der Waals surface area contributed by atoms with Gasteiger partial charge in [-0.1, -0.05) is 50.2 Å². The number of thiocarbonyl (C=S) groups is 1. The maximum atomic E-state index is 12.4. The number of hydrogen-bond acceptors (Lipinski definition) is 3. The Kier molecular flexibility index (Phi) is 6.82. The van der Waals surface area contributed by atoms with E-state index < -0.39 is 0 Å². The fourth-order valence-electron chi connectivity index (χ4n) is 5.35. The fraction of sp³-hybridized carbons (Fsp3) is 0.182. The Bertz CT molecular complexity index is 1710. The number of aromatic nitrogens is 2. The Balaban J connectivity index is 1.45. The molecule has 2 atom stereocenters. The van der Waals surface area contributed by atoms with E-state index in [9.17, 15) is 4.79 Å². The second-order valence-corrected chi connectivity index (χ2v) is 10.9. The Morgan fingerprint density at radius 3 is 2.45 bits per heavy atom. The van der Waals surface area contributed by atoms with Gasteiger partial charge in [0.2, 0.25) is 5.91 Å². The molecular weight excluding hydrogens is 514 g/mol. The monoisotopic (exact) mass is 545 g/mol. The molecule has 1 fully saturated rings. The van der Waals surface area contributed by atoms with Crippen molar-refractivity contribution in [2.75, 3.05) is 10.2 Å². The largest absolute Gasteiger partial charge is 0.351 e. The molecule has 0 saturated carbocycles. The van der Waals surface area contributed by atoms with Crippen LogP contribution in [0.25, 0.3) is 16.5 Å². The van der Waals surface area contributed by atoms with Crippen LogP contribution in [-0.2, 0) is 4.79 Å². The molecule has 5 aromatic rings. The zero-order valence-electron chi connectivity index (χ0n) is 22.7. The number of aryl methyl sites for hydroxylation is 1. The summed E-state index contributed by atoms with van der Waals surface area (Å²) in [5.41, 5.74) is 5.82. The molecule has 2 N–H and O–H groups in total. The standard InChI is InChI=1S/C33H31N5OS/c1-21(2)32(39)35-27-16-15-26(19-22(27)3)38-31(30(36-33(38)40)28-11-6-7-17-34-28)29-12-8-18-37(29)25-14-13-23-9-4-5-10-24(23)20-25/h4-21,30-31H,1-3H3,(H,35,39)(H,36,40). The van der Waals surface area contributed by atoms with E-state index in [-0.39, 0.29) is 23.9 Å². The van der Waals surface area contributed by atoms with Crippen LogP contribution in [0.2, 0.25) is 0 Å². The number of hydrogen-bond donors (Lipinski definition) is 2.